The first-order valence-electron chi connectivity index (χ1n) is 10.1. The summed E-state index contributed by atoms with van der Waals surface area (Å²) in [6.07, 6.45) is 4.68. The Labute approximate surface area is 176 Å². The number of thioether (sulfide) groups is 1. The first-order chi connectivity index (χ1) is 14.0. The minimum Gasteiger partial charge on any atom is -0.352 e. The van der Waals surface area contributed by atoms with Gasteiger partial charge in [-0.15, -0.1) is 10.2 Å². The molecular formula is C21H29N5O2S. The first kappa shape index (κ1) is 21.4. The number of nitrogens with zero attached hydrogens (tertiary/aromatic N) is 3. The van der Waals surface area contributed by atoms with E-state index in [2.05, 4.69) is 27.8 Å². The quantitative estimate of drug-likeness (QED) is 0.679. The van der Waals surface area contributed by atoms with Crippen molar-refractivity contribution in [2.24, 2.45) is 13.0 Å². The van der Waals surface area contributed by atoms with E-state index >= 15 is 0 Å². The van der Waals surface area contributed by atoms with Crippen molar-refractivity contribution in [3.05, 3.63) is 41.2 Å². The third-order valence-electron chi connectivity index (χ3n) is 5.51. The van der Waals surface area contributed by atoms with Crippen molar-refractivity contribution < 1.29 is 9.59 Å². The zero-order valence-corrected chi connectivity index (χ0v) is 18.1. The number of carbonyl (C=O) groups is 2. The van der Waals surface area contributed by atoms with Crippen molar-refractivity contribution in [2.45, 2.75) is 57.3 Å². The fourth-order valence-corrected chi connectivity index (χ4v) is 4.36. The lowest BCUT2D eigenvalue weighted by Crippen LogP contribution is -2.41. The maximum atomic E-state index is 12.4. The second kappa shape index (κ2) is 9.91. The molecule has 3 rings (SSSR count). The van der Waals surface area contributed by atoms with E-state index in [1.165, 1.54) is 31.0 Å². The molecule has 1 aromatic carbocycles. The van der Waals surface area contributed by atoms with Gasteiger partial charge in [0.25, 0.3) is 5.91 Å². The summed E-state index contributed by atoms with van der Waals surface area (Å²) in [6, 6.07) is 7.74. The third-order valence-corrected chi connectivity index (χ3v) is 6.53. The summed E-state index contributed by atoms with van der Waals surface area (Å²) in [4.78, 5) is 24.7. The summed E-state index contributed by atoms with van der Waals surface area (Å²) < 4.78 is 1.82. The van der Waals surface area contributed by atoms with Crippen LogP contribution in [-0.4, -0.2) is 38.4 Å². The molecule has 1 saturated carbocycles. The van der Waals surface area contributed by atoms with E-state index in [9.17, 15) is 9.59 Å². The number of aryl methyl sites for hydroxylation is 1. The minimum atomic E-state index is -0.138. The van der Waals surface area contributed by atoms with E-state index in [-0.39, 0.29) is 24.4 Å². The van der Waals surface area contributed by atoms with Gasteiger partial charge in [-0.3, -0.25) is 9.59 Å². The Morgan fingerprint density at radius 3 is 2.72 bits per heavy atom. The second-order valence-corrected chi connectivity index (χ2v) is 8.62. The van der Waals surface area contributed by atoms with Crippen LogP contribution in [0.1, 0.15) is 54.4 Å². The molecule has 29 heavy (non-hydrogen) atoms. The van der Waals surface area contributed by atoms with Crippen LogP contribution in [0.3, 0.4) is 0 Å². The molecule has 0 aliphatic heterocycles. The van der Waals surface area contributed by atoms with Crippen LogP contribution in [-0.2, 0) is 18.4 Å². The summed E-state index contributed by atoms with van der Waals surface area (Å²) in [5.74, 6) is 1.39. The molecule has 2 unspecified atom stereocenters. The molecular weight excluding hydrogens is 386 g/mol. The van der Waals surface area contributed by atoms with Gasteiger partial charge in [0, 0.05) is 18.7 Å². The van der Waals surface area contributed by atoms with Crippen molar-refractivity contribution in [3.63, 3.8) is 0 Å². The zero-order valence-electron chi connectivity index (χ0n) is 17.3. The summed E-state index contributed by atoms with van der Waals surface area (Å²) in [6.45, 7) is 4.39. The zero-order chi connectivity index (χ0) is 20.8. The average molecular weight is 416 g/mol. The molecule has 1 heterocycles. The standard InChI is InChI=1S/C21H29N5O2S/c1-14-8-4-6-10-16(14)20(28)22-12-18-24-25-21(26(18)3)29-13-19(27)23-17-11-7-5-9-15(17)2/h4,6,8,10,15,17H,5,7,9,11-13H2,1-3H3,(H,22,28)(H,23,27). The van der Waals surface area contributed by atoms with Gasteiger partial charge in [-0.2, -0.15) is 0 Å². The van der Waals surface area contributed by atoms with Gasteiger partial charge in [0.2, 0.25) is 5.91 Å². The lowest BCUT2D eigenvalue weighted by molar-refractivity contribution is -0.119. The SMILES string of the molecule is Cc1ccccc1C(=O)NCc1nnc(SCC(=O)NC2CCCCC2C)n1C. The maximum absolute atomic E-state index is 12.4. The van der Waals surface area contributed by atoms with Crippen molar-refractivity contribution >= 4 is 23.6 Å². The highest BCUT2D eigenvalue weighted by atomic mass is 32.2. The molecule has 2 atom stereocenters. The molecule has 1 aliphatic carbocycles. The molecule has 7 nitrogen and oxygen atoms in total. The topological polar surface area (TPSA) is 88.9 Å². The molecule has 156 valence electrons. The number of benzene rings is 1. The van der Waals surface area contributed by atoms with E-state index in [0.29, 0.717) is 28.2 Å². The van der Waals surface area contributed by atoms with E-state index in [0.717, 1.165) is 12.0 Å². The Balaban J connectivity index is 1.49. The monoisotopic (exact) mass is 415 g/mol. The molecule has 0 bridgehead atoms. The van der Waals surface area contributed by atoms with Gasteiger partial charge in [-0.1, -0.05) is 49.7 Å². The molecule has 1 fully saturated rings. The van der Waals surface area contributed by atoms with E-state index in [1.807, 2.05) is 36.7 Å². The molecule has 0 radical (unpaired) electrons. The Morgan fingerprint density at radius 1 is 1.21 bits per heavy atom. The Morgan fingerprint density at radius 2 is 1.97 bits per heavy atom. The normalized spacial score (nSPS) is 19.0. The molecule has 1 aliphatic rings. The number of hydrogen-bond acceptors (Lipinski definition) is 5. The number of nitrogens with one attached hydrogen (secondary N) is 2. The van der Waals surface area contributed by atoms with Crippen molar-refractivity contribution in [3.8, 4) is 0 Å². The van der Waals surface area contributed by atoms with Crippen LogP contribution in [0.25, 0.3) is 0 Å². The number of amides is 2. The first-order valence-corrected chi connectivity index (χ1v) is 11.1. The Bertz CT molecular complexity index is 867. The van der Waals surface area contributed by atoms with Crippen LogP contribution in [0.15, 0.2) is 29.4 Å². The van der Waals surface area contributed by atoms with Gasteiger partial charge in [-0.05, 0) is 37.3 Å². The lowest BCUT2D eigenvalue weighted by atomic mass is 9.86. The summed E-state index contributed by atoms with van der Waals surface area (Å²) in [5, 5.41) is 15.0. The van der Waals surface area contributed by atoms with Crippen LogP contribution in [0.2, 0.25) is 0 Å². The highest BCUT2D eigenvalue weighted by Gasteiger charge is 2.23. The molecule has 2 aromatic rings. The maximum Gasteiger partial charge on any atom is 0.251 e. The largest absolute Gasteiger partial charge is 0.352 e. The van der Waals surface area contributed by atoms with Crippen molar-refractivity contribution in [1.29, 1.82) is 0 Å². The smallest absolute Gasteiger partial charge is 0.251 e. The number of hydrogen-bond donors (Lipinski definition) is 2. The minimum absolute atomic E-state index is 0.0335. The fourth-order valence-electron chi connectivity index (χ4n) is 3.62. The van der Waals surface area contributed by atoms with Gasteiger partial charge in [0.1, 0.15) is 0 Å². The third kappa shape index (κ3) is 5.59. The predicted octanol–water partition coefficient (Wildman–Crippen LogP) is 2.84. The fraction of sp³-hybridized carbons (Fsp3) is 0.524. The van der Waals surface area contributed by atoms with Crippen molar-refractivity contribution in [2.75, 3.05) is 5.75 Å². The second-order valence-electron chi connectivity index (χ2n) is 7.68. The van der Waals surface area contributed by atoms with Gasteiger partial charge >= 0.3 is 0 Å². The molecule has 2 N–H and O–H groups in total. The highest BCUT2D eigenvalue weighted by molar-refractivity contribution is 7.99. The van der Waals surface area contributed by atoms with Gasteiger partial charge in [0.15, 0.2) is 11.0 Å². The van der Waals surface area contributed by atoms with Crippen LogP contribution >= 0.6 is 11.8 Å². The lowest BCUT2D eigenvalue weighted by Gasteiger charge is -2.29. The van der Waals surface area contributed by atoms with Crippen molar-refractivity contribution in [1.82, 2.24) is 25.4 Å². The van der Waals surface area contributed by atoms with Crippen LogP contribution in [0, 0.1) is 12.8 Å². The predicted molar refractivity (Wildman–Crippen MR) is 114 cm³/mol. The number of aromatic nitrogens is 3. The van der Waals surface area contributed by atoms with Crippen LogP contribution in [0.5, 0.6) is 0 Å². The number of rotatable bonds is 7. The average Bonchev–Trinajstić information content (AvgIpc) is 3.06. The van der Waals surface area contributed by atoms with E-state index < -0.39 is 0 Å². The molecule has 2 amide bonds. The highest BCUT2D eigenvalue weighted by Crippen LogP contribution is 2.24. The number of carbonyl (C=O) groups excluding carboxylic acids is 2. The Kier molecular flexibility index (Phi) is 7.30. The summed E-state index contributed by atoms with van der Waals surface area (Å²) in [5.41, 5.74) is 1.58. The van der Waals surface area contributed by atoms with E-state index in [1.54, 1.807) is 6.07 Å². The van der Waals surface area contributed by atoms with Crippen LogP contribution in [0.4, 0.5) is 0 Å². The molecule has 0 spiro atoms. The summed E-state index contributed by atoms with van der Waals surface area (Å²) in [7, 11) is 1.85. The van der Waals surface area contributed by atoms with Gasteiger partial charge in [-0.25, -0.2) is 0 Å². The van der Waals surface area contributed by atoms with Crippen LogP contribution < -0.4 is 10.6 Å². The molecule has 1 aromatic heterocycles. The summed E-state index contributed by atoms with van der Waals surface area (Å²) >= 11 is 1.36. The Hall–Kier alpha value is -2.35. The molecule has 8 heteroatoms. The van der Waals surface area contributed by atoms with E-state index in [4.69, 9.17) is 0 Å². The molecule has 0 saturated heterocycles. The van der Waals surface area contributed by atoms with Gasteiger partial charge < -0.3 is 15.2 Å². The van der Waals surface area contributed by atoms with Gasteiger partial charge in [0.05, 0.1) is 12.3 Å².